The summed E-state index contributed by atoms with van der Waals surface area (Å²) in [5, 5.41) is 1.58. The average Bonchev–Trinajstić information content (AvgIpc) is 3.04. The number of amides is 2. The molecular weight excluding hydrogens is 403 g/mol. The molecule has 1 aliphatic rings. The smallest absolute Gasteiger partial charge is 0.259 e. The lowest BCUT2D eigenvalue weighted by Crippen LogP contribution is -2.46. The van der Waals surface area contributed by atoms with E-state index < -0.39 is 18.1 Å². The Labute approximate surface area is 174 Å². The maximum atomic E-state index is 13.2. The van der Waals surface area contributed by atoms with Gasteiger partial charge in [-0.1, -0.05) is 18.2 Å². The van der Waals surface area contributed by atoms with E-state index in [1.54, 1.807) is 37.7 Å². The summed E-state index contributed by atoms with van der Waals surface area (Å²) in [6, 6.07) is 8.25. The van der Waals surface area contributed by atoms with Crippen LogP contribution in [-0.2, 0) is 14.1 Å². The second kappa shape index (κ2) is 8.26. The fourth-order valence-electron chi connectivity index (χ4n) is 4.03. The van der Waals surface area contributed by atoms with Crippen LogP contribution in [0.3, 0.4) is 0 Å². The van der Waals surface area contributed by atoms with E-state index in [2.05, 4.69) is 9.97 Å². The minimum Gasteiger partial charge on any atom is -0.372 e. The summed E-state index contributed by atoms with van der Waals surface area (Å²) in [5.74, 6) is -0.927. The molecular formula is C21H19N4O4P. The number of nitrogens with zero attached hydrogens (tertiary/aromatic N) is 3. The summed E-state index contributed by atoms with van der Waals surface area (Å²) in [6.07, 6.45) is 4.84. The second-order valence-corrected chi connectivity index (χ2v) is 7.63. The Morgan fingerprint density at radius 1 is 1.23 bits per heavy atom. The third-order valence-electron chi connectivity index (χ3n) is 5.30. The molecule has 2 amide bonds. The van der Waals surface area contributed by atoms with Crippen molar-refractivity contribution in [2.75, 3.05) is 18.2 Å². The van der Waals surface area contributed by atoms with Crippen molar-refractivity contribution >= 4 is 36.7 Å². The van der Waals surface area contributed by atoms with Crippen LogP contribution < -0.4 is 10.6 Å². The predicted molar refractivity (Wildman–Crippen MR) is 112 cm³/mol. The number of nitrogens with two attached hydrogens (primary N) is 1. The van der Waals surface area contributed by atoms with Gasteiger partial charge in [-0.3, -0.25) is 19.1 Å². The lowest BCUT2D eigenvalue weighted by molar-refractivity contribution is -0.119. The monoisotopic (exact) mass is 422 g/mol. The van der Waals surface area contributed by atoms with Crippen LogP contribution in [0.5, 0.6) is 0 Å². The average molecular weight is 422 g/mol. The molecule has 0 aliphatic carbocycles. The summed E-state index contributed by atoms with van der Waals surface area (Å²) >= 11 is 0. The van der Waals surface area contributed by atoms with E-state index in [4.69, 9.17) is 10.5 Å². The van der Waals surface area contributed by atoms with Crippen molar-refractivity contribution in [1.82, 2.24) is 9.97 Å². The van der Waals surface area contributed by atoms with E-state index in [0.29, 0.717) is 11.3 Å². The van der Waals surface area contributed by atoms with Gasteiger partial charge in [0.25, 0.3) is 5.91 Å². The van der Waals surface area contributed by atoms with E-state index >= 15 is 0 Å². The summed E-state index contributed by atoms with van der Waals surface area (Å²) in [7, 11) is 1.50. The fraction of sp³-hybridized carbons (Fsp3) is 0.238. The molecule has 4 rings (SSSR count). The predicted octanol–water partition coefficient (Wildman–Crippen LogP) is 2.86. The van der Waals surface area contributed by atoms with Crippen LogP contribution in [0.25, 0.3) is 10.8 Å². The van der Waals surface area contributed by atoms with Gasteiger partial charge in [-0.25, -0.2) is 9.97 Å². The third kappa shape index (κ3) is 3.24. The molecule has 0 radical (unpaired) electrons. The minimum absolute atomic E-state index is 0.0988. The highest BCUT2D eigenvalue weighted by atomic mass is 31.1. The molecule has 0 spiro atoms. The first kappa shape index (κ1) is 20.1. The number of benzene rings is 2. The first-order chi connectivity index (χ1) is 14.6. The topological polar surface area (TPSA) is 115 Å². The second-order valence-electron chi connectivity index (χ2n) is 6.92. The van der Waals surface area contributed by atoms with Crippen molar-refractivity contribution in [3.8, 4) is 0 Å². The molecule has 3 aromatic rings. The number of aromatic nitrogens is 2. The molecule has 2 unspecified atom stereocenters. The Kier molecular flexibility index (Phi) is 5.53. The molecule has 1 aliphatic heterocycles. The van der Waals surface area contributed by atoms with E-state index in [1.807, 2.05) is 12.1 Å². The number of rotatable bonds is 8. The maximum Gasteiger partial charge on any atom is 0.259 e. The van der Waals surface area contributed by atoms with Gasteiger partial charge < -0.3 is 10.5 Å². The first-order valence-corrected chi connectivity index (χ1v) is 10.3. The van der Waals surface area contributed by atoms with Crippen molar-refractivity contribution in [1.29, 1.82) is 0 Å². The van der Waals surface area contributed by atoms with Gasteiger partial charge in [0.2, 0.25) is 5.91 Å². The van der Waals surface area contributed by atoms with Gasteiger partial charge in [0, 0.05) is 42.2 Å². The molecule has 30 heavy (non-hydrogen) atoms. The van der Waals surface area contributed by atoms with Crippen LogP contribution in [0.4, 0.5) is 5.69 Å². The third-order valence-corrected chi connectivity index (χ3v) is 5.74. The van der Waals surface area contributed by atoms with E-state index in [9.17, 15) is 14.2 Å². The number of hydrogen-bond donors (Lipinski definition) is 1. The molecule has 8 nitrogen and oxygen atoms in total. The van der Waals surface area contributed by atoms with Crippen molar-refractivity contribution < 1.29 is 18.9 Å². The van der Waals surface area contributed by atoms with Gasteiger partial charge in [0.15, 0.2) is 8.46 Å². The number of anilines is 1. The molecule has 1 aromatic heterocycles. The number of carbonyl (C=O) groups is 2. The van der Waals surface area contributed by atoms with Crippen LogP contribution in [0.15, 0.2) is 49.1 Å². The highest BCUT2D eigenvalue weighted by Gasteiger charge is 2.38. The number of primary amides is 1. The summed E-state index contributed by atoms with van der Waals surface area (Å²) in [6.45, 7) is 0. The van der Waals surface area contributed by atoms with Crippen molar-refractivity contribution in [3.63, 3.8) is 0 Å². The van der Waals surface area contributed by atoms with E-state index in [1.165, 1.54) is 11.2 Å². The highest BCUT2D eigenvalue weighted by molar-refractivity contribution is 7.23. The standard InChI is InChI=1S/C21H19N4O4P/c1-29-19(12-9-23-11-24-10-12)14-5-6-16-18-13(14)3-2-4-15(18)21(27)25(16)17(20(22)26)7-8-30-28/h2-6,9-11,17,19H,7-8H2,1H3,(H2,22,26). The molecule has 2 atom stereocenters. The molecule has 0 saturated heterocycles. The van der Waals surface area contributed by atoms with Crippen LogP contribution in [0.2, 0.25) is 0 Å². The first-order valence-electron chi connectivity index (χ1n) is 9.33. The minimum atomic E-state index is -0.874. The molecule has 0 bridgehead atoms. The molecule has 2 aromatic carbocycles. The summed E-state index contributed by atoms with van der Waals surface area (Å²) in [5.41, 5.74) is 8.33. The Balaban J connectivity index is 1.88. The molecule has 0 fully saturated rings. The van der Waals surface area contributed by atoms with Gasteiger partial charge in [-0.2, -0.15) is 0 Å². The molecule has 152 valence electrons. The van der Waals surface area contributed by atoms with Crippen LogP contribution in [0.1, 0.15) is 34.0 Å². The van der Waals surface area contributed by atoms with Crippen LogP contribution >= 0.6 is 8.46 Å². The van der Waals surface area contributed by atoms with Crippen LogP contribution in [0, 0.1) is 0 Å². The number of ether oxygens (including phenoxy) is 1. The molecule has 2 N–H and O–H groups in total. The Hall–Kier alpha value is -3.22. The van der Waals surface area contributed by atoms with Gasteiger partial charge >= 0.3 is 0 Å². The zero-order valence-corrected chi connectivity index (χ0v) is 17.1. The lowest BCUT2D eigenvalue weighted by Gasteiger charge is -2.26. The number of carbonyl (C=O) groups excluding carboxylic acids is 2. The van der Waals surface area contributed by atoms with E-state index in [0.717, 1.165) is 21.9 Å². The molecule has 0 saturated carbocycles. The fourth-order valence-corrected chi connectivity index (χ4v) is 4.38. The SMILES string of the molecule is COC(c1cncnc1)c1ccc2c3c(cccc13)C(=O)N2C(CCP=O)C(N)=O. The summed E-state index contributed by atoms with van der Waals surface area (Å²) < 4.78 is 16.7. The van der Waals surface area contributed by atoms with Gasteiger partial charge in [-0.05, 0) is 29.5 Å². The Bertz CT molecular complexity index is 1140. The number of hydrogen-bond acceptors (Lipinski definition) is 6. The highest BCUT2D eigenvalue weighted by Crippen LogP contribution is 2.43. The van der Waals surface area contributed by atoms with Crippen molar-refractivity contribution in [3.05, 3.63) is 65.7 Å². The zero-order chi connectivity index (χ0) is 21.3. The Morgan fingerprint density at radius 2 is 2.00 bits per heavy atom. The van der Waals surface area contributed by atoms with Crippen LogP contribution in [-0.4, -0.2) is 41.1 Å². The quantitative estimate of drug-likeness (QED) is 0.558. The van der Waals surface area contributed by atoms with E-state index in [-0.39, 0.29) is 27.0 Å². The zero-order valence-electron chi connectivity index (χ0n) is 16.2. The largest absolute Gasteiger partial charge is 0.372 e. The van der Waals surface area contributed by atoms with Crippen molar-refractivity contribution in [2.45, 2.75) is 18.6 Å². The van der Waals surface area contributed by atoms with Gasteiger partial charge in [0.05, 0.1) is 5.69 Å². The summed E-state index contributed by atoms with van der Waals surface area (Å²) in [4.78, 5) is 34.9. The lowest BCUT2D eigenvalue weighted by atomic mass is 9.95. The molecule has 2 heterocycles. The molecule has 9 heteroatoms. The van der Waals surface area contributed by atoms with Crippen molar-refractivity contribution in [2.24, 2.45) is 5.73 Å². The number of methoxy groups -OCH3 is 1. The maximum absolute atomic E-state index is 13.2. The van der Waals surface area contributed by atoms with Gasteiger partial charge in [0.1, 0.15) is 18.5 Å². The Morgan fingerprint density at radius 3 is 2.67 bits per heavy atom. The van der Waals surface area contributed by atoms with Gasteiger partial charge in [-0.15, -0.1) is 0 Å². The normalized spacial score (nSPS) is 15.0.